The summed E-state index contributed by atoms with van der Waals surface area (Å²) in [5.74, 6) is 0.696. The Morgan fingerprint density at radius 3 is 2.33 bits per heavy atom. The predicted octanol–water partition coefficient (Wildman–Crippen LogP) is 5.23. The molecule has 0 bridgehead atoms. The minimum atomic E-state index is -4.08. The number of thioether (sulfide) groups is 1. The second kappa shape index (κ2) is 11.1. The lowest BCUT2D eigenvalue weighted by Crippen LogP contribution is -2.32. The summed E-state index contributed by atoms with van der Waals surface area (Å²) < 4.78 is 41.1. The van der Waals surface area contributed by atoms with Crippen molar-refractivity contribution < 1.29 is 31.7 Å². The van der Waals surface area contributed by atoms with Gasteiger partial charge in [-0.15, -0.1) is 0 Å². The lowest BCUT2D eigenvalue weighted by Gasteiger charge is -2.13. The van der Waals surface area contributed by atoms with Crippen molar-refractivity contribution in [2.75, 3.05) is 20.3 Å². The number of hydrogen-bond donors (Lipinski definition) is 0. The SMILES string of the molecule is COc1ccc(S(=O)(=O)Oc2cccc(/C=C3\SC(=O)N(CCOc4ccc(Cl)cc4)C3=O)c2)cc1. The maximum atomic E-state index is 12.8. The molecule has 11 heteroatoms. The van der Waals surface area contributed by atoms with Crippen molar-refractivity contribution in [3.05, 3.63) is 88.3 Å². The van der Waals surface area contributed by atoms with E-state index in [1.807, 2.05) is 0 Å². The lowest BCUT2D eigenvalue weighted by molar-refractivity contribution is -0.123. The van der Waals surface area contributed by atoms with Crippen molar-refractivity contribution in [3.63, 3.8) is 0 Å². The molecule has 0 spiro atoms. The smallest absolute Gasteiger partial charge is 0.339 e. The number of methoxy groups -OCH3 is 1. The first kappa shape index (κ1) is 25.6. The molecule has 3 aromatic carbocycles. The molecule has 4 rings (SSSR count). The van der Waals surface area contributed by atoms with E-state index in [4.69, 9.17) is 25.3 Å². The van der Waals surface area contributed by atoms with Gasteiger partial charge in [0.2, 0.25) is 0 Å². The van der Waals surface area contributed by atoms with Crippen LogP contribution >= 0.6 is 23.4 Å². The van der Waals surface area contributed by atoms with Gasteiger partial charge in [-0.05, 0) is 84.1 Å². The molecule has 0 radical (unpaired) electrons. The standard InChI is InChI=1S/C25H20ClNO7S2/c1-32-19-9-11-22(12-10-19)36(30,31)34-21-4-2-3-17(15-21)16-23-24(28)27(25(29)35-23)13-14-33-20-7-5-18(26)6-8-20/h2-12,15-16H,13-14H2,1H3/b23-16-. The molecule has 36 heavy (non-hydrogen) atoms. The highest BCUT2D eigenvalue weighted by Gasteiger charge is 2.34. The summed E-state index contributed by atoms with van der Waals surface area (Å²) in [6.45, 7) is 0.202. The highest BCUT2D eigenvalue weighted by Crippen LogP contribution is 2.33. The monoisotopic (exact) mass is 545 g/mol. The number of carbonyl (C=O) groups excluding carboxylic acids is 2. The molecular formula is C25H20ClNO7S2. The van der Waals surface area contributed by atoms with Gasteiger partial charge in [0.05, 0.1) is 18.6 Å². The molecule has 8 nitrogen and oxygen atoms in total. The average Bonchev–Trinajstić information content (AvgIpc) is 3.12. The number of hydrogen-bond acceptors (Lipinski definition) is 8. The number of carbonyl (C=O) groups is 2. The molecule has 2 amide bonds. The van der Waals surface area contributed by atoms with Gasteiger partial charge in [0, 0.05) is 5.02 Å². The van der Waals surface area contributed by atoms with E-state index in [2.05, 4.69) is 0 Å². The Kier molecular flexibility index (Phi) is 7.88. The maximum absolute atomic E-state index is 12.8. The third-order valence-electron chi connectivity index (χ3n) is 4.98. The molecule has 0 saturated carbocycles. The zero-order chi connectivity index (χ0) is 25.7. The van der Waals surface area contributed by atoms with Gasteiger partial charge < -0.3 is 13.7 Å². The number of imide groups is 1. The summed E-state index contributed by atoms with van der Waals surface area (Å²) in [4.78, 5) is 26.4. The number of ether oxygens (including phenoxy) is 2. The first-order chi connectivity index (χ1) is 17.2. The topological polar surface area (TPSA) is 99.2 Å². The van der Waals surface area contributed by atoms with Crippen LogP contribution in [0.2, 0.25) is 5.02 Å². The molecule has 0 aliphatic carbocycles. The Bertz CT molecular complexity index is 1410. The molecule has 0 unspecified atom stereocenters. The van der Waals surface area contributed by atoms with E-state index in [1.165, 1.54) is 49.6 Å². The van der Waals surface area contributed by atoms with Crippen molar-refractivity contribution in [2.45, 2.75) is 4.90 Å². The van der Waals surface area contributed by atoms with Gasteiger partial charge in [-0.2, -0.15) is 8.42 Å². The second-order valence-electron chi connectivity index (χ2n) is 7.42. The second-order valence-corrected chi connectivity index (χ2v) is 10.4. The van der Waals surface area contributed by atoms with Crippen molar-refractivity contribution in [3.8, 4) is 17.2 Å². The van der Waals surface area contributed by atoms with Crippen LogP contribution in [0, 0.1) is 0 Å². The van der Waals surface area contributed by atoms with Crippen molar-refractivity contribution in [1.29, 1.82) is 0 Å². The van der Waals surface area contributed by atoms with E-state index in [9.17, 15) is 18.0 Å². The highest BCUT2D eigenvalue weighted by molar-refractivity contribution is 8.18. The van der Waals surface area contributed by atoms with Crippen LogP contribution in [0.25, 0.3) is 6.08 Å². The third-order valence-corrected chi connectivity index (χ3v) is 7.40. The van der Waals surface area contributed by atoms with Crippen LogP contribution in [0.3, 0.4) is 0 Å². The Morgan fingerprint density at radius 1 is 0.944 bits per heavy atom. The fourth-order valence-corrected chi connectivity index (χ4v) is 5.12. The lowest BCUT2D eigenvalue weighted by atomic mass is 10.2. The minimum absolute atomic E-state index is 0.0318. The normalized spacial score (nSPS) is 14.8. The van der Waals surface area contributed by atoms with Gasteiger partial charge in [0.25, 0.3) is 11.1 Å². The molecule has 0 atom stereocenters. The Hall–Kier alpha value is -3.47. The van der Waals surface area contributed by atoms with Gasteiger partial charge in [-0.25, -0.2) is 0 Å². The maximum Gasteiger partial charge on any atom is 0.339 e. The minimum Gasteiger partial charge on any atom is -0.497 e. The van der Waals surface area contributed by atoms with Gasteiger partial charge >= 0.3 is 10.1 Å². The number of rotatable bonds is 9. The molecule has 0 N–H and O–H groups in total. The van der Waals surface area contributed by atoms with Gasteiger partial charge in [-0.3, -0.25) is 14.5 Å². The Morgan fingerprint density at radius 2 is 1.64 bits per heavy atom. The quantitative estimate of drug-likeness (QED) is 0.266. The van der Waals surface area contributed by atoms with Crippen LogP contribution in [0.4, 0.5) is 4.79 Å². The molecule has 0 aromatic heterocycles. The van der Waals surface area contributed by atoms with Crippen LogP contribution in [-0.2, 0) is 14.9 Å². The van der Waals surface area contributed by atoms with E-state index >= 15 is 0 Å². The van der Waals surface area contributed by atoms with E-state index in [0.29, 0.717) is 22.1 Å². The Balaban J connectivity index is 1.42. The molecule has 1 saturated heterocycles. The molecular weight excluding hydrogens is 526 g/mol. The van der Waals surface area contributed by atoms with Crippen LogP contribution in [-0.4, -0.2) is 44.7 Å². The fourth-order valence-electron chi connectivity index (χ4n) is 3.20. The molecule has 3 aromatic rings. The van der Waals surface area contributed by atoms with Crippen molar-refractivity contribution >= 4 is 50.7 Å². The number of benzene rings is 3. The van der Waals surface area contributed by atoms with E-state index < -0.39 is 21.3 Å². The van der Waals surface area contributed by atoms with Gasteiger partial charge in [-0.1, -0.05) is 23.7 Å². The summed E-state index contributed by atoms with van der Waals surface area (Å²) in [5.41, 5.74) is 0.500. The highest BCUT2D eigenvalue weighted by atomic mass is 35.5. The number of nitrogens with zero attached hydrogens (tertiary/aromatic N) is 1. The third kappa shape index (κ3) is 6.20. The van der Waals surface area contributed by atoms with E-state index in [0.717, 1.165) is 16.7 Å². The molecule has 186 valence electrons. The summed E-state index contributed by atoms with van der Waals surface area (Å²) in [6.07, 6.45) is 1.51. The van der Waals surface area contributed by atoms with Crippen molar-refractivity contribution in [1.82, 2.24) is 4.90 Å². The zero-order valence-electron chi connectivity index (χ0n) is 18.9. The van der Waals surface area contributed by atoms with E-state index in [-0.39, 0.29) is 28.7 Å². The predicted molar refractivity (Wildman–Crippen MR) is 137 cm³/mol. The van der Waals surface area contributed by atoms with Crippen LogP contribution in [0.15, 0.2) is 82.6 Å². The van der Waals surface area contributed by atoms with Crippen molar-refractivity contribution in [2.24, 2.45) is 0 Å². The average molecular weight is 546 g/mol. The first-order valence-electron chi connectivity index (χ1n) is 10.6. The molecule has 1 aliphatic rings. The number of halogens is 1. The molecule has 1 aliphatic heterocycles. The fraction of sp³-hybridized carbons (Fsp3) is 0.120. The van der Waals surface area contributed by atoms with Crippen LogP contribution in [0.1, 0.15) is 5.56 Å². The molecule has 1 heterocycles. The van der Waals surface area contributed by atoms with Gasteiger partial charge in [0.15, 0.2) is 0 Å². The van der Waals surface area contributed by atoms with Crippen LogP contribution in [0.5, 0.6) is 17.2 Å². The molecule has 1 fully saturated rings. The number of amides is 2. The largest absolute Gasteiger partial charge is 0.497 e. The first-order valence-corrected chi connectivity index (χ1v) is 13.2. The Labute approximate surface area is 217 Å². The summed E-state index contributed by atoms with van der Waals surface area (Å²) in [7, 11) is -2.60. The zero-order valence-corrected chi connectivity index (χ0v) is 21.3. The summed E-state index contributed by atoms with van der Waals surface area (Å²) in [6, 6.07) is 18.8. The summed E-state index contributed by atoms with van der Waals surface area (Å²) in [5, 5.41) is 0.159. The van der Waals surface area contributed by atoms with Gasteiger partial charge in [0.1, 0.15) is 28.8 Å². The van der Waals surface area contributed by atoms with Crippen LogP contribution < -0.4 is 13.7 Å². The van der Waals surface area contributed by atoms with E-state index in [1.54, 1.807) is 36.4 Å². The summed E-state index contributed by atoms with van der Waals surface area (Å²) >= 11 is 6.64.